The number of carbonyl (C=O) groups is 1. The number of anilines is 1. The Balaban J connectivity index is 2.25. The van der Waals surface area contributed by atoms with E-state index in [9.17, 15) is 9.18 Å². The van der Waals surface area contributed by atoms with Crippen molar-refractivity contribution in [2.24, 2.45) is 0 Å². The maximum absolute atomic E-state index is 13.7. The number of halogens is 1. The van der Waals surface area contributed by atoms with Crippen LogP contribution in [-0.2, 0) is 10.2 Å². The summed E-state index contributed by atoms with van der Waals surface area (Å²) in [6.07, 6.45) is 4.71. The van der Waals surface area contributed by atoms with Crippen LogP contribution in [0.15, 0.2) is 42.1 Å². The highest BCUT2D eigenvalue weighted by Crippen LogP contribution is 2.56. The van der Waals surface area contributed by atoms with E-state index >= 15 is 0 Å². The highest BCUT2D eigenvalue weighted by molar-refractivity contribution is 5.99. The summed E-state index contributed by atoms with van der Waals surface area (Å²) in [6, 6.07) is 4.72. The molecule has 1 aliphatic carbocycles. The molecule has 1 aromatic carbocycles. The number of benzene rings is 1. The van der Waals surface area contributed by atoms with Crippen molar-refractivity contribution < 1.29 is 9.18 Å². The first-order chi connectivity index (χ1) is 9.45. The number of nitrogens with zero attached hydrogens (tertiary/aromatic N) is 1. The molecule has 104 valence electrons. The van der Waals surface area contributed by atoms with E-state index in [0.29, 0.717) is 0 Å². The second-order valence-corrected chi connectivity index (χ2v) is 5.86. The average Bonchev–Trinajstić information content (AvgIpc) is 2.83. The second kappa shape index (κ2) is 4.30. The van der Waals surface area contributed by atoms with Crippen LogP contribution in [0.25, 0.3) is 0 Å². The van der Waals surface area contributed by atoms with Gasteiger partial charge in [-0.15, -0.1) is 6.58 Å². The third-order valence-corrected chi connectivity index (χ3v) is 4.27. The lowest BCUT2D eigenvalue weighted by Crippen LogP contribution is -2.31. The lowest BCUT2D eigenvalue weighted by Gasteiger charge is -2.29. The molecule has 0 aromatic heterocycles. The quantitative estimate of drug-likeness (QED) is 0.742. The molecule has 0 saturated carbocycles. The van der Waals surface area contributed by atoms with E-state index in [0.717, 1.165) is 41.8 Å². The molecular weight excluding hydrogens is 253 g/mol. The standard InChI is InChI=1S/C17H18FNO/c1-11(2)10-17-8-4-5-16(17)19(12(3)20)15-7-6-13(18)9-14(15)17/h5-7,9H,1,4,8,10H2,2-3H3/t17-/m1/s1. The summed E-state index contributed by atoms with van der Waals surface area (Å²) in [5, 5.41) is 0. The summed E-state index contributed by atoms with van der Waals surface area (Å²) in [4.78, 5) is 13.8. The van der Waals surface area contributed by atoms with E-state index in [-0.39, 0.29) is 17.1 Å². The number of fused-ring (bicyclic) bond motifs is 3. The minimum absolute atomic E-state index is 0.0189. The van der Waals surface area contributed by atoms with Crippen LogP contribution < -0.4 is 4.90 Å². The van der Waals surface area contributed by atoms with Gasteiger partial charge >= 0.3 is 0 Å². The molecular formula is C17H18FNO. The predicted octanol–water partition coefficient (Wildman–Crippen LogP) is 4.07. The maximum Gasteiger partial charge on any atom is 0.228 e. The van der Waals surface area contributed by atoms with Gasteiger partial charge in [0.1, 0.15) is 5.82 Å². The zero-order valence-electron chi connectivity index (χ0n) is 11.9. The van der Waals surface area contributed by atoms with E-state index in [1.54, 1.807) is 24.0 Å². The number of hydrogen-bond donors (Lipinski definition) is 0. The minimum Gasteiger partial charge on any atom is -0.284 e. The van der Waals surface area contributed by atoms with Gasteiger partial charge in [0.05, 0.1) is 5.69 Å². The molecule has 1 aromatic rings. The Bertz CT molecular complexity index is 646. The molecule has 2 aliphatic rings. The molecule has 2 nitrogen and oxygen atoms in total. The Morgan fingerprint density at radius 3 is 2.85 bits per heavy atom. The van der Waals surface area contributed by atoms with Crippen LogP contribution in [0.4, 0.5) is 10.1 Å². The van der Waals surface area contributed by atoms with Crippen molar-refractivity contribution in [1.82, 2.24) is 0 Å². The Labute approximate surface area is 118 Å². The molecule has 0 spiro atoms. The molecule has 0 saturated heterocycles. The predicted molar refractivity (Wildman–Crippen MR) is 78.0 cm³/mol. The van der Waals surface area contributed by atoms with Crippen molar-refractivity contribution in [1.29, 1.82) is 0 Å². The Hall–Kier alpha value is -1.90. The van der Waals surface area contributed by atoms with Gasteiger partial charge in [0.2, 0.25) is 5.91 Å². The van der Waals surface area contributed by atoms with Crippen molar-refractivity contribution in [3.8, 4) is 0 Å². The van der Waals surface area contributed by atoms with Gasteiger partial charge in [0.25, 0.3) is 0 Å². The van der Waals surface area contributed by atoms with Gasteiger partial charge in [-0.05, 0) is 49.9 Å². The Morgan fingerprint density at radius 2 is 2.20 bits per heavy atom. The highest BCUT2D eigenvalue weighted by atomic mass is 19.1. The third-order valence-electron chi connectivity index (χ3n) is 4.27. The van der Waals surface area contributed by atoms with Crippen molar-refractivity contribution in [3.05, 3.63) is 53.5 Å². The zero-order chi connectivity index (χ0) is 14.5. The van der Waals surface area contributed by atoms with Crippen LogP contribution in [-0.4, -0.2) is 5.91 Å². The topological polar surface area (TPSA) is 20.3 Å². The van der Waals surface area contributed by atoms with Gasteiger partial charge in [-0.3, -0.25) is 9.69 Å². The first-order valence-electron chi connectivity index (χ1n) is 6.91. The summed E-state index contributed by atoms with van der Waals surface area (Å²) >= 11 is 0. The molecule has 0 bridgehead atoms. The number of allylic oxidation sites excluding steroid dienone is 3. The fourth-order valence-corrected chi connectivity index (χ4v) is 3.70. The van der Waals surface area contributed by atoms with Gasteiger partial charge in [-0.1, -0.05) is 11.6 Å². The molecule has 1 amide bonds. The van der Waals surface area contributed by atoms with Crippen molar-refractivity contribution in [3.63, 3.8) is 0 Å². The van der Waals surface area contributed by atoms with E-state index in [4.69, 9.17) is 0 Å². The van der Waals surface area contributed by atoms with Gasteiger partial charge < -0.3 is 0 Å². The normalized spacial score (nSPS) is 23.4. The van der Waals surface area contributed by atoms with Crippen molar-refractivity contribution >= 4 is 11.6 Å². The fourth-order valence-electron chi connectivity index (χ4n) is 3.70. The molecule has 0 unspecified atom stereocenters. The van der Waals surface area contributed by atoms with Crippen LogP contribution in [0.1, 0.15) is 38.7 Å². The average molecular weight is 271 g/mol. The van der Waals surface area contributed by atoms with E-state index in [2.05, 4.69) is 12.7 Å². The lowest BCUT2D eigenvalue weighted by atomic mass is 9.75. The molecule has 0 N–H and O–H groups in total. The van der Waals surface area contributed by atoms with Crippen molar-refractivity contribution in [2.75, 3.05) is 4.90 Å². The number of amides is 1. The van der Waals surface area contributed by atoms with E-state index in [1.165, 1.54) is 6.07 Å². The Morgan fingerprint density at radius 1 is 1.45 bits per heavy atom. The monoisotopic (exact) mass is 271 g/mol. The van der Waals surface area contributed by atoms with Crippen molar-refractivity contribution in [2.45, 2.75) is 38.5 Å². The van der Waals surface area contributed by atoms with Gasteiger partial charge in [0.15, 0.2) is 0 Å². The second-order valence-electron chi connectivity index (χ2n) is 5.86. The van der Waals surface area contributed by atoms with Crippen LogP contribution in [0.2, 0.25) is 0 Å². The van der Waals surface area contributed by atoms with Crippen LogP contribution in [0, 0.1) is 5.82 Å². The number of hydrogen-bond acceptors (Lipinski definition) is 1. The first kappa shape index (κ1) is 13.1. The highest BCUT2D eigenvalue weighted by Gasteiger charge is 2.50. The minimum atomic E-state index is -0.269. The maximum atomic E-state index is 13.7. The molecule has 3 rings (SSSR count). The van der Waals surface area contributed by atoms with Gasteiger partial charge in [-0.25, -0.2) is 4.39 Å². The third kappa shape index (κ3) is 1.65. The Kier molecular flexibility index (Phi) is 2.82. The zero-order valence-corrected chi connectivity index (χ0v) is 11.9. The summed E-state index contributed by atoms with van der Waals surface area (Å²) in [5.74, 6) is -0.268. The number of carbonyl (C=O) groups excluding carboxylic acids is 1. The molecule has 1 aliphatic heterocycles. The smallest absolute Gasteiger partial charge is 0.228 e. The molecule has 1 heterocycles. The van der Waals surface area contributed by atoms with Crippen LogP contribution in [0.5, 0.6) is 0 Å². The summed E-state index contributed by atoms with van der Waals surface area (Å²) in [7, 11) is 0. The van der Waals surface area contributed by atoms with E-state index in [1.807, 2.05) is 6.92 Å². The first-order valence-corrected chi connectivity index (χ1v) is 6.91. The van der Waals surface area contributed by atoms with Crippen LogP contribution in [0.3, 0.4) is 0 Å². The summed E-state index contributed by atoms with van der Waals surface area (Å²) in [6.45, 7) is 7.56. The largest absolute Gasteiger partial charge is 0.284 e. The summed E-state index contributed by atoms with van der Waals surface area (Å²) < 4.78 is 13.7. The molecule has 3 heteroatoms. The SMILES string of the molecule is C=C(C)C[C@@]12CCC=C1N(C(C)=O)c1ccc(F)cc12. The molecule has 0 fully saturated rings. The molecule has 0 radical (unpaired) electrons. The number of rotatable bonds is 2. The van der Waals surface area contributed by atoms with Crippen LogP contribution >= 0.6 is 0 Å². The summed E-state index contributed by atoms with van der Waals surface area (Å²) in [5.41, 5.74) is 3.55. The van der Waals surface area contributed by atoms with Gasteiger partial charge in [0, 0.05) is 18.0 Å². The fraction of sp³-hybridized carbons (Fsp3) is 0.353. The van der Waals surface area contributed by atoms with E-state index < -0.39 is 0 Å². The molecule has 20 heavy (non-hydrogen) atoms. The molecule has 1 atom stereocenters. The van der Waals surface area contributed by atoms with Gasteiger partial charge in [-0.2, -0.15) is 0 Å². The lowest BCUT2D eigenvalue weighted by molar-refractivity contribution is -0.116.